The van der Waals surface area contributed by atoms with Crippen LogP contribution in [0.5, 0.6) is 0 Å². The zero-order chi connectivity index (χ0) is 5.98. The summed E-state index contributed by atoms with van der Waals surface area (Å²) in [5.74, 6) is 0. The fourth-order valence-corrected chi connectivity index (χ4v) is 1.04. The molecule has 0 aromatic rings. The molecule has 0 aromatic carbocycles. The molecule has 0 bridgehead atoms. The van der Waals surface area contributed by atoms with Crippen molar-refractivity contribution in [1.29, 1.82) is 0 Å². The summed E-state index contributed by atoms with van der Waals surface area (Å²) in [5.41, 5.74) is 0.894. The van der Waals surface area contributed by atoms with Crippen molar-refractivity contribution in [3.8, 4) is 0 Å². The van der Waals surface area contributed by atoms with Gasteiger partial charge in [0.2, 0.25) is 0 Å². The highest BCUT2D eigenvalue weighted by atomic mass is 127. The van der Waals surface area contributed by atoms with Crippen LogP contribution in [-0.2, 0) is 0 Å². The van der Waals surface area contributed by atoms with Gasteiger partial charge in [0.25, 0.3) is 0 Å². The zero-order valence-electron chi connectivity index (χ0n) is 4.13. The average molecular weight is 220 g/mol. The fourth-order valence-electron chi connectivity index (χ4n) is 0.517. The molecule has 1 aliphatic carbocycles. The largest absolute Gasteiger partial charge is 0.515 e. The molecule has 1 N–H and O–H groups in total. The van der Waals surface area contributed by atoms with Crippen LogP contribution in [0, 0.1) is 0 Å². The second-order valence-corrected chi connectivity index (χ2v) is 2.62. The Morgan fingerprint density at radius 3 is 2.62 bits per heavy atom. The van der Waals surface area contributed by atoms with Crippen molar-refractivity contribution in [3.63, 3.8) is 0 Å². The normalized spacial score (nSPS) is 22.1. The minimum Gasteiger partial charge on any atom is -0.515 e. The molecule has 1 aliphatic rings. The van der Waals surface area contributed by atoms with Crippen molar-refractivity contribution in [2.75, 3.05) is 0 Å². The number of aliphatic hydroxyl groups is 1. The Morgan fingerprint density at radius 2 is 2.38 bits per heavy atom. The Morgan fingerprint density at radius 1 is 1.62 bits per heavy atom. The summed E-state index contributed by atoms with van der Waals surface area (Å²) >= 11 is 2.16. The highest BCUT2D eigenvalue weighted by Crippen LogP contribution is 2.23. The van der Waals surface area contributed by atoms with E-state index in [9.17, 15) is 0 Å². The Kier molecular flexibility index (Phi) is 1.73. The molecule has 0 aliphatic heterocycles. The van der Waals surface area contributed by atoms with E-state index in [1.807, 2.05) is 18.2 Å². The average Bonchev–Trinajstić information content (AvgIpc) is 2.14. The highest BCUT2D eigenvalue weighted by Gasteiger charge is 1.99. The molecule has 0 unspecified atom stereocenters. The van der Waals surface area contributed by atoms with Gasteiger partial charge in [-0.15, -0.1) is 0 Å². The molecule has 0 spiro atoms. The van der Waals surface area contributed by atoms with Gasteiger partial charge >= 0.3 is 0 Å². The molecule has 1 nitrogen and oxygen atoms in total. The van der Waals surface area contributed by atoms with Crippen LogP contribution in [0.3, 0.4) is 0 Å². The Labute approximate surface area is 61.5 Å². The van der Waals surface area contributed by atoms with E-state index < -0.39 is 0 Å². The summed E-state index contributed by atoms with van der Waals surface area (Å²) < 4.78 is 1.09. The monoisotopic (exact) mass is 220 g/mol. The SMILES string of the molecule is OC=C1C=CC=C1I. The summed E-state index contributed by atoms with van der Waals surface area (Å²) in [6.07, 6.45) is 6.83. The second-order valence-electron chi connectivity index (χ2n) is 1.46. The third-order valence-corrected chi connectivity index (χ3v) is 1.92. The minimum atomic E-state index is 0.894. The summed E-state index contributed by atoms with van der Waals surface area (Å²) in [6.45, 7) is 0. The molecular weight excluding hydrogens is 215 g/mol. The van der Waals surface area contributed by atoms with Crippen molar-refractivity contribution in [1.82, 2.24) is 0 Å². The highest BCUT2D eigenvalue weighted by molar-refractivity contribution is 14.1. The van der Waals surface area contributed by atoms with Crippen molar-refractivity contribution in [2.45, 2.75) is 0 Å². The van der Waals surface area contributed by atoms with E-state index in [4.69, 9.17) is 5.11 Å². The van der Waals surface area contributed by atoms with Crippen molar-refractivity contribution < 1.29 is 5.11 Å². The van der Waals surface area contributed by atoms with E-state index in [2.05, 4.69) is 22.6 Å². The Hall–Kier alpha value is -0.250. The predicted octanol–water partition coefficient (Wildman–Crippen LogP) is 2.32. The van der Waals surface area contributed by atoms with Gasteiger partial charge in [0.1, 0.15) is 0 Å². The van der Waals surface area contributed by atoms with Gasteiger partial charge in [-0.1, -0.05) is 12.2 Å². The van der Waals surface area contributed by atoms with E-state index in [1.165, 1.54) is 0 Å². The van der Waals surface area contributed by atoms with Crippen LogP contribution in [0.1, 0.15) is 0 Å². The molecule has 2 heteroatoms. The molecule has 0 atom stereocenters. The number of aliphatic hydroxyl groups excluding tert-OH is 1. The van der Waals surface area contributed by atoms with Crippen LogP contribution in [0.15, 0.2) is 33.6 Å². The lowest BCUT2D eigenvalue weighted by molar-refractivity contribution is 0.471. The first-order valence-corrected chi connectivity index (χ1v) is 3.31. The molecule has 0 radical (unpaired) electrons. The van der Waals surface area contributed by atoms with E-state index in [1.54, 1.807) is 0 Å². The van der Waals surface area contributed by atoms with Crippen molar-refractivity contribution >= 4 is 22.6 Å². The lowest BCUT2D eigenvalue weighted by Crippen LogP contribution is -1.68. The summed E-state index contributed by atoms with van der Waals surface area (Å²) in [7, 11) is 0. The van der Waals surface area contributed by atoms with Crippen LogP contribution in [-0.4, -0.2) is 5.11 Å². The van der Waals surface area contributed by atoms with Crippen molar-refractivity contribution in [2.24, 2.45) is 0 Å². The van der Waals surface area contributed by atoms with Crippen molar-refractivity contribution in [3.05, 3.63) is 33.6 Å². The maximum absolute atomic E-state index is 8.48. The number of hydrogen-bond donors (Lipinski definition) is 1. The zero-order valence-corrected chi connectivity index (χ0v) is 6.29. The number of allylic oxidation sites excluding steroid dienone is 5. The number of hydrogen-bond acceptors (Lipinski definition) is 1. The smallest absolute Gasteiger partial charge is 0.0874 e. The molecule has 0 aromatic heterocycles. The molecule has 8 heavy (non-hydrogen) atoms. The standard InChI is InChI=1S/C6H5IO/c7-6-3-1-2-5(6)4-8/h1-4,8H. The molecule has 1 rings (SSSR count). The third kappa shape index (κ3) is 0.940. The van der Waals surface area contributed by atoms with Gasteiger partial charge in [-0.05, 0) is 28.7 Å². The Bertz CT molecular complexity index is 177. The first kappa shape index (κ1) is 5.88. The topological polar surface area (TPSA) is 20.2 Å². The number of halogens is 1. The first-order valence-electron chi connectivity index (χ1n) is 2.23. The van der Waals surface area contributed by atoms with E-state index in [0.29, 0.717) is 0 Å². The van der Waals surface area contributed by atoms with E-state index >= 15 is 0 Å². The lowest BCUT2D eigenvalue weighted by Gasteiger charge is -1.87. The van der Waals surface area contributed by atoms with Crippen LogP contribution in [0.2, 0.25) is 0 Å². The quantitative estimate of drug-likeness (QED) is 0.490. The molecule has 0 saturated carbocycles. The Balaban J connectivity index is 2.88. The molecule has 0 heterocycles. The van der Waals surface area contributed by atoms with E-state index in [-0.39, 0.29) is 0 Å². The van der Waals surface area contributed by atoms with Crippen LogP contribution in [0.4, 0.5) is 0 Å². The summed E-state index contributed by atoms with van der Waals surface area (Å²) in [6, 6.07) is 0. The van der Waals surface area contributed by atoms with Gasteiger partial charge < -0.3 is 5.11 Å². The van der Waals surface area contributed by atoms with Gasteiger partial charge in [-0.3, -0.25) is 0 Å². The second kappa shape index (κ2) is 2.35. The van der Waals surface area contributed by atoms with Crippen LogP contribution >= 0.6 is 22.6 Å². The molecule has 0 saturated heterocycles. The molecule has 0 amide bonds. The molecular formula is C6H5IO. The van der Waals surface area contributed by atoms with Gasteiger partial charge in [0.15, 0.2) is 0 Å². The number of rotatable bonds is 0. The maximum atomic E-state index is 8.48. The first-order chi connectivity index (χ1) is 3.84. The summed E-state index contributed by atoms with van der Waals surface area (Å²) in [5, 5.41) is 8.48. The summed E-state index contributed by atoms with van der Waals surface area (Å²) in [4.78, 5) is 0. The van der Waals surface area contributed by atoms with Gasteiger partial charge in [0.05, 0.1) is 6.26 Å². The minimum absolute atomic E-state index is 0.894. The van der Waals surface area contributed by atoms with Gasteiger partial charge in [0, 0.05) is 9.15 Å². The molecule has 42 valence electrons. The fraction of sp³-hybridized carbons (Fsp3) is 0. The lowest BCUT2D eigenvalue weighted by atomic mass is 10.3. The van der Waals surface area contributed by atoms with Crippen LogP contribution in [0.25, 0.3) is 0 Å². The molecule has 0 fully saturated rings. The third-order valence-electron chi connectivity index (χ3n) is 0.933. The maximum Gasteiger partial charge on any atom is 0.0874 e. The van der Waals surface area contributed by atoms with Crippen LogP contribution < -0.4 is 0 Å². The predicted molar refractivity (Wildman–Crippen MR) is 42.0 cm³/mol. The van der Waals surface area contributed by atoms with Gasteiger partial charge in [-0.2, -0.15) is 0 Å². The van der Waals surface area contributed by atoms with Gasteiger partial charge in [-0.25, -0.2) is 0 Å². The van der Waals surface area contributed by atoms with E-state index in [0.717, 1.165) is 15.4 Å².